The molecule has 0 saturated carbocycles. The smallest absolute Gasteiger partial charge is 0.407 e. The van der Waals surface area contributed by atoms with Gasteiger partial charge in [0.1, 0.15) is 18.3 Å². The summed E-state index contributed by atoms with van der Waals surface area (Å²) < 4.78 is 10.6. The van der Waals surface area contributed by atoms with Crippen LogP contribution < -0.4 is 15.4 Å². The first-order valence-corrected chi connectivity index (χ1v) is 11.1. The van der Waals surface area contributed by atoms with Crippen LogP contribution in [0.1, 0.15) is 29.9 Å². The number of carboxylic acid groups (broad SMARTS) is 1. The molecule has 35 heavy (non-hydrogen) atoms. The highest BCUT2D eigenvalue weighted by molar-refractivity contribution is 5.97. The number of rotatable bonds is 9. The van der Waals surface area contributed by atoms with Gasteiger partial charge in [0.05, 0.1) is 7.11 Å². The summed E-state index contributed by atoms with van der Waals surface area (Å²) in [4.78, 5) is 40.6. The van der Waals surface area contributed by atoms with Gasteiger partial charge in [0.25, 0.3) is 0 Å². The first-order chi connectivity index (χ1) is 17.0. The number of alkyl carbamates (subject to hydrolysis) is 1. The highest BCUT2D eigenvalue weighted by Crippen LogP contribution is 2.44. The summed E-state index contributed by atoms with van der Waals surface area (Å²) in [6.07, 6.45) is 0.265. The second kappa shape index (κ2) is 10.7. The van der Waals surface area contributed by atoms with Crippen molar-refractivity contribution in [2.45, 2.75) is 24.8 Å². The average Bonchev–Trinajstić information content (AvgIpc) is 3.19. The number of carbonyl (C=O) groups is 3. The van der Waals surface area contributed by atoms with E-state index in [-0.39, 0.29) is 31.2 Å². The maximum absolute atomic E-state index is 12.9. The molecule has 1 aromatic heterocycles. The molecule has 3 aromatic rings. The van der Waals surface area contributed by atoms with E-state index in [1.54, 1.807) is 12.1 Å². The van der Waals surface area contributed by atoms with Gasteiger partial charge in [-0.25, -0.2) is 9.78 Å². The first-order valence-electron chi connectivity index (χ1n) is 11.1. The van der Waals surface area contributed by atoms with Crippen molar-refractivity contribution in [1.82, 2.24) is 10.3 Å². The number of benzene rings is 2. The molecule has 2 amide bonds. The molecule has 9 nitrogen and oxygen atoms in total. The highest BCUT2D eigenvalue weighted by Gasteiger charge is 2.30. The Morgan fingerprint density at radius 1 is 1.00 bits per heavy atom. The fraction of sp³-hybridized carbons (Fsp3) is 0.231. The van der Waals surface area contributed by atoms with Crippen molar-refractivity contribution in [1.29, 1.82) is 0 Å². The van der Waals surface area contributed by atoms with E-state index in [0.717, 1.165) is 22.3 Å². The van der Waals surface area contributed by atoms with Crippen molar-refractivity contribution in [3.63, 3.8) is 0 Å². The Balaban J connectivity index is 1.44. The molecule has 1 aliphatic carbocycles. The molecule has 0 radical (unpaired) electrons. The van der Waals surface area contributed by atoms with E-state index in [2.05, 4.69) is 15.6 Å². The molecule has 0 bridgehead atoms. The standard InChI is InChI=1S/C26H25N3O6/c1-34-25-22(11-6-14-27-25)28-24(32)21(12-13-23(30)31)29-26(33)35-15-20-18-9-4-2-7-16(18)17-8-3-5-10-19(17)20/h2-11,14,20-21H,12-13,15H2,1H3,(H,28,32)(H,29,33)(H,30,31). The lowest BCUT2D eigenvalue weighted by atomic mass is 9.98. The summed E-state index contributed by atoms with van der Waals surface area (Å²) in [6, 6.07) is 18.0. The van der Waals surface area contributed by atoms with Gasteiger partial charge in [-0.2, -0.15) is 0 Å². The minimum Gasteiger partial charge on any atom is -0.481 e. The second-order valence-electron chi connectivity index (χ2n) is 8.00. The number of carboxylic acids is 1. The average molecular weight is 476 g/mol. The van der Waals surface area contributed by atoms with Crippen LogP contribution in [0.15, 0.2) is 66.9 Å². The van der Waals surface area contributed by atoms with Crippen LogP contribution in [-0.4, -0.2) is 47.8 Å². The number of methoxy groups -OCH3 is 1. The van der Waals surface area contributed by atoms with E-state index in [9.17, 15) is 14.4 Å². The van der Waals surface area contributed by atoms with Crippen LogP contribution in [-0.2, 0) is 14.3 Å². The normalized spacial score (nSPS) is 12.7. The third kappa shape index (κ3) is 5.40. The zero-order valence-corrected chi connectivity index (χ0v) is 19.1. The lowest BCUT2D eigenvalue weighted by molar-refractivity contribution is -0.137. The van der Waals surface area contributed by atoms with E-state index < -0.39 is 24.0 Å². The number of nitrogens with one attached hydrogen (secondary N) is 2. The van der Waals surface area contributed by atoms with Gasteiger partial charge in [-0.05, 0) is 40.8 Å². The molecule has 1 unspecified atom stereocenters. The van der Waals surface area contributed by atoms with Crippen LogP contribution in [0.5, 0.6) is 5.88 Å². The number of hydrogen-bond acceptors (Lipinski definition) is 6. The van der Waals surface area contributed by atoms with Crippen LogP contribution in [0.3, 0.4) is 0 Å². The molecular weight excluding hydrogens is 450 g/mol. The Labute approximate surface area is 202 Å². The van der Waals surface area contributed by atoms with Gasteiger partial charge < -0.3 is 25.2 Å². The number of anilines is 1. The first kappa shape index (κ1) is 23.7. The number of hydrogen-bond donors (Lipinski definition) is 3. The Morgan fingerprint density at radius 2 is 1.66 bits per heavy atom. The van der Waals surface area contributed by atoms with E-state index in [4.69, 9.17) is 14.6 Å². The van der Waals surface area contributed by atoms with E-state index in [0.29, 0.717) is 5.69 Å². The van der Waals surface area contributed by atoms with Crippen molar-refractivity contribution in [3.8, 4) is 17.0 Å². The Morgan fingerprint density at radius 3 is 2.29 bits per heavy atom. The molecule has 3 N–H and O–H groups in total. The Kier molecular flexibility index (Phi) is 7.25. The van der Waals surface area contributed by atoms with Gasteiger partial charge in [0, 0.05) is 18.5 Å². The Bertz CT molecular complexity index is 1200. The summed E-state index contributed by atoms with van der Waals surface area (Å²) in [5, 5.41) is 14.2. The molecule has 2 aromatic carbocycles. The van der Waals surface area contributed by atoms with Crippen molar-refractivity contribution < 1.29 is 29.0 Å². The number of aromatic nitrogens is 1. The molecule has 9 heteroatoms. The molecule has 0 fully saturated rings. The van der Waals surface area contributed by atoms with Crippen molar-refractivity contribution in [3.05, 3.63) is 78.0 Å². The van der Waals surface area contributed by atoms with Crippen LogP contribution in [0.25, 0.3) is 11.1 Å². The van der Waals surface area contributed by atoms with Gasteiger partial charge >= 0.3 is 12.1 Å². The topological polar surface area (TPSA) is 127 Å². The number of aliphatic carboxylic acids is 1. The molecule has 0 saturated heterocycles. The monoisotopic (exact) mass is 475 g/mol. The quantitative estimate of drug-likeness (QED) is 0.430. The maximum Gasteiger partial charge on any atom is 0.407 e. The van der Waals surface area contributed by atoms with Gasteiger partial charge in [0.2, 0.25) is 11.8 Å². The highest BCUT2D eigenvalue weighted by atomic mass is 16.5. The fourth-order valence-electron chi connectivity index (χ4n) is 4.19. The van der Waals surface area contributed by atoms with Crippen molar-refractivity contribution >= 4 is 23.7 Å². The summed E-state index contributed by atoms with van der Waals surface area (Å²) in [6.45, 7) is 0.0730. The zero-order valence-electron chi connectivity index (χ0n) is 19.1. The van der Waals surface area contributed by atoms with Gasteiger partial charge in [-0.1, -0.05) is 48.5 Å². The van der Waals surface area contributed by atoms with Gasteiger partial charge in [-0.15, -0.1) is 0 Å². The number of pyridine rings is 1. The molecule has 1 heterocycles. The van der Waals surface area contributed by atoms with Gasteiger partial charge in [0.15, 0.2) is 0 Å². The summed E-state index contributed by atoms with van der Waals surface area (Å²) in [5.41, 5.74) is 4.62. The molecule has 0 spiro atoms. The number of nitrogens with zero attached hydrogens (tertiary/aromatic N) is 1. The number of amides is 2. The summed E-state index contributed by atoms with van der Waals surface area (Å²) >= 11 is 0. The SMILES string of the molecule is COc1ncccc1NC(=O)C(CCC(=O)O)NC(=O)OCC1c2ccccc2-c2ccccc21. The van der Waals surface area contributed by atoms with Crippen LogP contribution in [0.4, 0.5) is 10.5 Å². The lowest BCUT2D eigenvalue weighted by Crippen LogP contribution is -2.44. The summed E-state index contributed by atoms with van der Waals surface area (Å²) in [7, 11) is 1.41. The molecule has 180 valence electrons. The number of carbonyl (C=O) groups excluding carboxylic acids is 2. The van der Waals surface area contributed by atoms with Crippen molar-refractivity contribution in [2.75, 3.05) is 19.0 Å². The largest absolute Gasteiger partial charge is 0.481 e. The van der Waals surface area contributed by atoms with E-state index in [1.807, 2.05) is 48.5 Å². The maximum atomic E-state index is 12.9. The minimum atomic E-state index is -1.13. The van der Waals surface area contributed by atoms with E-state index in [1.165, 1.54) is 13.3 Å². The fourth-order valence-corrected chi connectivity index (χ4v) is 4.19. The minimum absolute atomic E-state index is 0.0730. The third-order valence-electron chi connectivity index (χ3n) is 5.82. The lowest BCUT2D eigenvalue weighted by Gasteiger charge is -2.19. The summed E-state index contributed by atoms with van der Waals surface area (Å²) in [5.74, 6) is -1.64. The van der Waals surface area contributed by atoms with Crippen molar-refractivity contribution in [2.24, 2.45) is 0 Å². The van der Waals surface area contributed by atoms with E-state index >= 15 is 0 Å². The predicted molar refractivity (Wildman–Crippen MR) is 128 cm³/mol. The molecule has 1 atom stereocenters. The third-order valence-corrected chi connectivity index (χ3v) is 5.82. The molecular formula is C26H25N3O6. The molecule has 4 rings (SSSR count). The van der Waals surface area contributed by atoms with Gasteiger partial charge in [-0.3, -0.25) is 9.59 Å². The molecule has 1 aliphatic rings. The van der Waals surface area contributed by atoms with Crippen LogP contribution in [0, 0.1) is 0 Å². The Hall–Kier alpha value is -4.40. The van der Waals surface area contributed by atoms with Crippen LogP contribution >= 0.6 is 0 Å². The zero-order chi connectivity index (χ0) is 24.8. The number of ether oxygens (including phenoxy) is 2. The number of fused-ring (bicyclic) bond motifs is 3. The second-order valence-corrected chi connectivity index (χ2v) is 8.00. The predicted octanol–water partition coefficient (Wildman–Crippen LogP) is 3.80. The van der Waals surface area contributed by atoms with Crippen LogP contribution in [0.2, 0.25) is 0 Å². The molecule has 0 aliphatic heterocycles.